The van der Waals surface area contributed by atoms with E-state index in [1.807, 2.05) is 11.0 Å². The lowest BCUT2D eigenvalue weighted by molar-refractivity contribution is -0.136. The molecule has 2 fully saturated rings. The molecular weight excluding hydrogens is 484 g/mol. The van der Waals surface area contributed by atoms with Crippen LogP contribution >= 0.6 is 0 Å². The zero-order valence-corrected chi connectivity index (χ0v) is 21.3. The highest BCUT2D eigenvalue weighted by Crippen LogP contribution is 2.30. The number of amides is 5. The van der Waals surface area contributed by atoms with E-state index in [1.54, 1.807) is 18.2 Å². The van der Waals surface area contributed by atoms with Gasteiger partial charge in [0.25, 0.3) is 11.8 Å². The Hall–Kier alpha value is -4.01. The lowest BCUT2D eigenvalue weighted by atomic mass is 9.89. The van der Waals surface area contributed by atoms with Crippen molar-refractivity contribution < 1.29 is 24.0 Å². The van der Waals surface area contributed by atoms with Gasteiger partial charge in [-0.15, -0.1) is 0 Å². The molecule has 198 valence electrons. The molecule has 2 aromatic rings. The lowest BCUT2D eigenvalue weighted by Gasteiger charge is -2.32. The summed E-state index contributed by atoms with van der Waals surface area (Å²) in [5.74, 6) is -1.34. The van der Waals surface area contributed by atoms with E-state index in [9.17, 15) is 24.0 Å². The largest absolute Gasteiger partial charge is 0.385 e. The third kappa shape index (κ3) is 5.32. The van der Waals surface area contributed by atoms with Gasteiger partial charge in [-0.1, -0.05) is 30.3 Å². The van der Waals surface area contributed by atoms with E-state index in [4.69, 9.17) is 0 Å². The first-order valence-corrected chi connectivity index (χ1v) is 13.3. The van der Waals surface area contributed by atoms with Gasteiger partial charge in [0.05, 0.1) is 11.1 Å². The fourth-order valence-corrected chi connectivity index (χ4v) is 5.56. The van der Waals surface area contributed by atoms with Gasteiger partial charge in [-0.3, -0.25) is 34.2 Å². The number of anilines is 1. The average molecular weight is 517 g/mol. The second-order valence-electron chi connectivity index (χ2n) is 10.2. The number of nitrogens with one attached hydrogen (secondary N) is 2. The van der Waals surface area contributed by atoms with Crippen molar-refractivity contribution in [3.05, 3.63) is 65.2 Å². The van der Waals surface area contributed by atoms with Crippen LogP contribution in [0.4, 0.5) is 5.69 Å². The number of nitrogens with zero attached hydrogens (tertiary/aromatic N) is 2. The molecule has 0 aromatic heterocycles. The molecule has 1 unspecified atom stereocenters. The Morgan fingerprint density at radius 2 is 1.63 bits per heavy atom. The van der Waals surface area contributed by atoms with Crippen molar-refractivity contribution in [1.82, 2.24) is 15.1 Å². The number of carbonyl (C=O) groups is 5. The SMILES string of the molecule is O=C1CCC(N2C(=O)c3ccc(NCCCCC(=O)N4CCC(c5ccccc5)CC4)cc3C2=O)C(=O)N1. The van der Waals surface area contributed by atoms with Crippen molar-refractivity contribution in [2.24, 2.45) is 0 Å². The maximum Gasteiger partial charge on any atom is 0.262 e. The minimum Gasteiger partial charge on any atom is -0.385 e. The number of imide groups is 2. The second-order valence-corrected chi connectivity index (χ2v) is 10.2. The number of piperidine rings is 2. The first-order valence-electron chi connectivity index (χ1n) is 13.3. The van der Waals surface area contributed by atoms with Gasteiger partial charge in [0.1, 0.15) is 6.04 Å². The molecule has 1 atom stereocenters. The quantitative estimate of drug-likeness (QED) is 0.412. The average Bonchev–Trinajstić information content (AvgIpc) is 3.18. The first kappa shape index (κ1) is 25.6. The molecule has 0 aliphatic carbocycles. The zero-order chi connectivity index (χ0) is 26.6. The van der Waals surface area contributed by atoms with E-state index in [2.05, 4.69) is 34.9 Å². The maximum atomic E-state index is 13.0. The first-order chi connectivity index (χ1) is 18.4. The van der Waals surface area contributed by atoms with Crippen molar-refractivity contribution in [3.8, 4) is 0 Å². The van der Waals surface area contributed by atoms with Crippen LogP contribution in [0.2, 0.25) is 0 Å². The van der Waals surface area contributed by atoms with Crippen LogP contribution in [0.5, 0.6) is 0 Å². The molecule has 38 heavy (non-hydrogen) atoms. The molecule has 9 nitrogen and oxygen atoms in total. The summed E-state index contributed by atoms with van der Waals surface area (Å²) in [4.78, 5) is 65.0. The van der Waals surface area contributed by atoms with Gasteiger partial charge in [-0.2, -0.15) is 0 Å². The maximum absolute atomic E-state index is 13.0. The second kappa shape index (κ2) is 11.2. The normalized spacial score (nSPS) is 19.9. The molecule has 3 aliphatic heterocycles. The van der Waals surface area contributed by atoms with Gasteiger partial charge >= 0.3 is 0 Å². The molecule has 0 bridgehead atoms. The summed E-state index contributed by atoms with van der Waals surface area (Å²) in [6, 6.07) is 14.5. The molecule has 0 spiro atoms. The van der Waals surface area contributed by atoms with Crippen LogP contribution in [0.25, 0.3) is 0 Å². The highest BCUT2D eigenvalue weighted by molar-refractivity contribution is 6.23. The predicted octanol–water partition coefficient (Wildman–Crippen LogP) is 3.08. The van der Waals surface area contributed by atoms with Crippen LogP contribution < -0.4 is 10.6 Å². The predicted molar refractivity (Wildman–Crippen MR) is 140 cm³/mol. The number of carbonyl (C=O) groups excluding carboxylic acids is 5. The fraction of sp³-hybridized carbons (Fsp3) is 0.414. The van der Waals surface area contributed by atoms with Crippen molar-refractivity contribution >= 4 is 35.2 Å². The van der Waals surface area contributed by atoms with E-state index in [-0.39, 0.29) is 29.9 Å². The number of fused-ring (bicyclic) bond motifs is 1. The molecule has 5 amide bonds. The molecule has 3 heterocycles. The van der Waals surface area contributed by atoms with Gasteiger partial charge in [-0.05, 0) is 61.8 Å². The Labute approximate surface area is 221 Å². The van der Waals surface area contributed by atoms with Crippen molar-refractivity contribution in [1.29, 1.82) is 0 Å². The molecule has 2 N–H and O–H groups in total. The highest BCUT2D eigenvalue weighted by Gasteiger charge is 2.44. The summed E-state index contributed by atoms with van der Waals surface area (Å²) in [6.07, 6.45) is 4.27. The summed E-state index contributed by atoms with van der Waals surface area (Å²) in [6.45, 7) is 2.23. The molecule has 9 heteroatoms. The van der Waals surface area contributed by atoms with Crippen molar-refractivity contribution in [3.63, 3.8) is 0 Å². The summed E-state index contributed by atoms with van der Waals surface area (Å²) < 4.78 is 0. The van der Waals surface area contributed by atoms with Gasteiger partial charge in [0, 0.05) is 38.2 Å². The minimum absolute atomic E-state index is 0.0884. The molecule has 0 radical (unpaired) electrons. The zero-order valence-electron chi connectivity index (χ0n) is 21.3. The van der Waals surface area contributed by atoms with Gasteiger partial charge in [0.15, 0.2) is 0 Å². The summed E-state index contributed by atoms with van der Waals surface area (Å²) in [7, 11) is 0. The summed E-state index contributed by atoms with van der Waals surface area (Å²) >= 11 is 0. The molecule has 2 saturated heterocycles. The molecule has 2 aromatic carbocycles. The van der Waals surface area contributed by atoms with Crippen LogP contribution in [0, 0.1) is 0 Å². The van der Waals surface area contributed by atoms with Crippen molar-refractivity contribution in [2.75, 3.05) is 25.0 Å². The lowest BCUT2D eigenvalue weighted by Crippen LogP contribution is -2.54. The number of hydrogen-bond acceptors (Lipinski definition) is 6. The standard InChI is InChI=1S/C29H32N4O5/c34-25-12-11-24(27(36)31-25)33-28(37)22-10-9-21(18-23(22)29(33)38)30-15-5-4-8-26(35)32-16-13-20(14-17-32)19-6-2-1-3-7-19/h1-3,6-7,9-10,18,20,24,30H,4-5,8,11-17H2,(H,31,34,36). The molecule has 3 aliphatic rings. The van der Waals surface area contributed by atoms with E-state index in [0.717, 1.165) is 43.7 Å². The van der Waals surface area contributed by atoms with Crippen LogP contribution in [0.3, 0.4) is 0 Å². The van der Waals surface area contributed by atoms with E-state index in [0.29, 0.717) is 24.6 Å². The smallest absolute Gasteiger partial charge is 0.262 e. The summed E-state index contributed by atoms with van der Waals surface area (Å²) in [5.41, 5.74) is 2.56. The van der Waals surface area contributed by atoms with Crippen LogP contribution in [0.15, 0.2) is 48.5 Å². The Kier molecular flexibility index (Phi) is 7.53. The Morgan fingerprint density at radius 3 is 2.37 bits per heavy atom. The van der Waals surface area contributed by atoms with Gasteiger partial charge in [0.2, 0.25) is 17.7 Å². The molecular formula is C29H32N4O5. The van der Waals surface area contributed by atoms with E-state index < -0.39 is 29.7 Å². The monoisotopic (exact) mass is 516 g/mol. The van der Waals surface area contributed by atoms with Crippen LogP contribution in [-0.4, -0.2) is 65.0 Å². The number of hydrogen-bond donors (Lipinski definition) is 2. The topological polar surface area (TPSA) is 116 Å². The van der Waals surface area contributed by atoms with E-state index in [1.165, 1.54) is 5.56 Å². The Balaban J connectivity index is 1.06. The molecule has 0 saturated carbocycles. The van der Waals surface area contributed by atoms with Crippen LogP contribution in [-0.2, 0) is 14.4 Å². The molecule has 5 rings (SSSR count). The highest BCUT2D eigenvalue weighted by atomic mass is 16.2. The Bertz CT molecular complexity index is 1250. The Morgan fingerprint density at radius 1 is 0.895 bits per heavy atom. The number of rotatable bonds is 8. The fourth-order valence-electron chi connectivity index (χ4n) is 5.56. The number of likely N-dealkylation sites (tertiary alicyclic amines) is 1. The van der Waals surface area contributed by atoms with Crippen LogP contribution in [0.1, 0.15) is 77.1 Å². The van der Waals surface area contributed by atoms with Gasteiger partial charge in [-0.25, -0.2) is 0 Å². The van der Waals surface area contributed by atoms with E-state index >= 15 is 0 Å². The minimum atomic E-state index is -0.974. The third-order valence-electron chi connectivity index (χ3n) is 7.70. The van der Waals surface area contributed by atoms with Gasteiger partial charge < -0.3 is 10.2 Å². The number of unbranched alkanes of at least 4 members (excludes halogenated alkanes) is 1. The summed E-state index contributed by atoms with van der Waals surface area (Å²) in [5, 5.41) is 5.46. The van der Waals surface area contributed by atoms with Crippen molar-refractivity contribution in [2.45, 2.75) is 56.9 Å². The number of benzene rings is 2. The third-order valence-corrected chi connectivity index (χ3v) is 7.70.